The molecule has 0 saturated carbocycles. The van der Waals surface area contributed by atoms with Crippen LogP contribution in [0.1, 0.15) is 12.5 Å². The summed E-state index contributed by atoms with van der Waals surface area (Å²) in [5.41, 5.74) is 1.87. The molecule has 0 aliphatic carbocycles. The molecule has 0 fully saturated rings. The molecule has 0 aromatic heterocycles. The highest BCUT2D eigenvalue weighted by Gasteiger charge is 2.15. The molecule has 2 rings (SSSR count). The van der Waals surface area contributed by atoms with Crippen LogP contribution in [0.5, 0.6) is 5.75 Å². The van der Waals surface area contributed by atoms with Crippen LogP contribution in [0, 0.1) is 0 Å². The van der Waals surface area contributed by atoms with Gasteiger partial charge >= 0.3 is 0 Å². The predicted molar refractivity (Wildman–Crippen MR) is 86.0 cm³/mol. The van der Waals surface area contributed by atoms with Crippen molar-refractivity contribution in [1.82, 2.24) is 0 Å². The third kappa shape index (κ3) is 4.23. The van der Waals surface area contributed by atoms with Gasteiger partial charge in [0.1, 0.15) is 11.6 Å². The molecule has 110 valence electrons. The van der Waals surface area contributed by atoms with Crippen LogP contribution in [-0.4, -0.2) is 18.4 Å². The SMILES string of the molecule is CCOc1ccc(N(Cc2ccccc2)C(=O)CCl)cc1. The zero-order chi connectivity index (χ0) is 15.1. The molecule has 2 aromatic rings. The largest absolute Gasteiger partial charge is 0.494 e. The molecule has 0 unspecified atom stereocenters. The van der Waals surface area contributed by atoms with Crippen molar-refractivity contribution >= 4 is 23.2 Å². The molecule has 0 heterocycles. The van der Waals surface area contributed by atoms with Crippen molar-refractivity contribution in [3.05, 3.63) is 60.2 Å². The summed E-state index contributed by atoms with van der Waals surface area (Å²) in [6.45, 7) is 3.06. The molecule has 0 aliphatic rings. The highest BCUT2D eigenvalue weighted by molar-refractivity contribution is 6.29. The molecule has 0 N–H and O–H groups in total. The summed E-state index contributed by atoms with van der Waals surface area (Å²) in [6.07, 6.45) is 0. The van der Waals surface area contributed by atoms with E-state index in [2.05, 4.69) is 0 Å². The van der Waals surface area contributed by atoms with E-state index >= 15 is 0 Å². The lowest BCUT2D eigenvalue weighted by Crippen LogP contribution is -2.31. The van der Waals surface area contributed by atoms with Gasteiger partial charge in [-0.3, -0.25) is 4.79 Å². The summed E-state index contributed by atoms with van der Waals surface area (Å²) >= 11 is 5.73. The number of amides is 1. The van der Waals surface area contributed by atoms with Gasteiger partial charge in [0.05, 0.1) is 13.2 Å². The van der Waals surface area contributed by atoms with E-state index in [0.29, 0.717) is 13.2 Å². The Balaban J connectivity index is 2.21. The third-order valence-corrected chi connectivity index (χ3v) is 3.29. The number of carbonyl (C=O) groups excluding carboxylic acids is 1. The van der Waals surface area contributed by atoms with Crippen molar-refractivity contribution in [2.75, 3.05) is 17.4 Å². The first kappa shape index (κ1) is 15.4. The van der Waals surface area contributed by atoms with Crippen molar-refractivity contribution in [2.24, 2.45) is 0 Å². The minimum absolute atomic E-state index is 0.0416. The number of hydrogen-bond acceptors (Lipinski definition) is 2. The fraction of sp³-hybridized carbons (Fsp3) is 0.235. The molecule has 0 atom stereocenters. The lowest BCUT2D eigenvalue weighted by Gasteiger charge is -2.22. The lowest BCUT2D eigenvalue weighted by molar-refractivity contribution is -0.116. The molecule has 1 amide bonds. The normalized spacial score (nSPS) is 10.2. The highest BCUT2D eigenvalue weighted by atomic mass is 35.5. The summed E-state index contributed by atoms with van der Waals surface area (Å²) in [4.78, 5) is 13.8. The topological polar surface area (TPSA) is 29.5 Å². The van der Waals surface area contributed by atoms with Gasteiger partial charge in [0, 0.05) is 5.69 Å². The number of halogens is 1. The molecule has 0 aliphatic heterocycles. The van der Waals surface area contributed by atoms with Crippen molar-refractivity contribution in [3.8, 4) is 5.75 Å². The lowest BCUT2D eigenvalue weighted by atomic mass is 10.2. The Kier molecular flexibility index (Phi) is 5.64. The fourth-order valence-corrected chi connectivity index (χ4v) is 2.19. The summed E-state index contributed by atoms with van der Waals surface area (Å²) in [7, 11) is 0. The van der Waals surface area contributed by atoms with Gasteiger partial charge in [-0.05, 0) is 36.8 Å². The number of ether oxygens (including phenoxy) is 1. The van der Waals surface area contributed by atoms with Gasteiger partial charge in [-0.15, -0.1) is 11.6 Å². The Morgan fingerprint density at radius 1 is 1.10 bits per heavy atom. The minimum Gasteiger partial charge on any atom is -0.494 e. The molecule has 0 bridgehead atoms. The summed E-state index contributed by atoms with van der Waals surface area (Å²) in [5.74, 6) is 0.629. The smallest absolute Gasteiger partial charge is 0.242 e. The van der Waals surface area contributed by atoms with Crippen LogP contribution in [0.4, 0.5) is 5.69 Å². The Morgan fingerprint density at radius 3 is 2.33 bits per heavy atom. The first-order valence-corrected chi connectivity index (χ1v) is 7.41. The Hall–Kier alpha value is -2.00. The van der Waals surface area contributed by atoms with Gasteiger partial charge in [-0.1, -0.05) is 30.3 Å². The average molecular weight is 304 g/mol. The Labute approximate surface area is 130 Å². The first-order valence-electron chi connectivity index (χ1n) is 6.87. The average Bonchev–Trinajstić information content (AvgIpc) is 2.54. The zero-order valence-electron chi connectivity index (χ0n) is 12.0. The van der Waals surface area contributed by atoms with Gasteiger partial charge < -0.3 is 9.64 Å². The molecule has 4 heteroatoms. The van der Waals surface area contributed by atoms with E-state index in [1.54, 1.807) is 4.90 Å². The molecule has 0 saturated heterocycles. The van der Waals surface area contributed by atoms with Crippen molar-refractivity contribution in [3.63, 3.8) is 0 Å². The second-order valence-corrected chi connectivity index (χ2v) is 4.79. The summed E-state index contributed by atoms with van der Waals surface area (Å²) in [5, 5.41) is 0. The van der Waals surface area contributed by atoms with Gasteiger partial charge in [0.15, 0.2) is 0 Å². The Morgan fingerprint density at radius 2 is 1.76 bits per heavy atom. The molecule has 21 heavy (non-hydrogen) atoms. The number of alkyl halides is 1. The fourth-order valence-electron chi connectivity index (χ4n) is 2.05. The van der Waals surface area contributed by atoms with Crippen molar-refractivity contribution in [2.45, 2.75) is 13.5 Å². The van der Waals surface area contributed by atoms with E-state index in [1.807, 2.05) is 61.5 Å². The van der Waals surface area contributed by atoms with Crippen LogP contribution in [-0.2, 0) is 11.3 Å². The quantitative estimate of drug-likeness (QED) is 0.758. The second-order valence-electron chi connectivity index (χ2n) is 4.53. The van der Waals surface area contributed by atoms with Crippen LogP contribution < -0.4 is 9.64 Å². The maximum Gasteiger partial charge on any atom is 0.242 e. The van der Waals surface area contributed by atoms with Gasteiger partial charge in [0.25, 0.3) is 0 Å². The minimum atomic E-state index is -0.121. The molecular formula is C17H18ClNO2. The predicted octanol–water partition coefficient (Wildman–Crippen LogP) is 3.86. The van der Waals surface area contributed by atoms with E-state index in [1.165, 1.54) is 0 Å². The number of anilines is 1. The highest BCUT2D eigenvalue weighted by Crippen LogP contribution is 2.22. The maximum atomic E-state index is 12.1. The molecule has 0 radical (unpaired) electrons. The second kappa shape index (κ2) is 7.70. The van der Waals surface area contributed by atoms with Crippen LogP contribution in [0.25, 0.3) is 0 Å². The van der Waals surface area contributed by atoms with E-state index in [9.17, 15) is 4.79 Å². The molecule has 2 aromatic carbocycles. The monoisotopic (exact) mass is 303 g/mol. The summed E-state index contributed by atoms with van der Waals surface area (Å²) < 4.78 is 5.42. The number of nitrogens with zero attached hydrogens (tertiary/aromatic N) is 1. The molecule has 3 nitrogen and oxygen atoms in total. The third-order valence-electron chi connectivity index (χ3n) is 3.06. The summed E-state index contributed by atoms with van der Waals surface area (Å²) in [6, 6.07) is 17.3. The Bertz CT molecular complexity index is 569. The van der Waals surface area contributed by atoms with E-state index < -0.39 is 0 Å². The number of carbonyl (C=O) groups is 1. The van der Waals surface area contributed by atoms with Crippen molar-refractivity contribution in [1.29, 1.82) is 0 Å². The van der Waals surface area contributed by atoms with Crippen LogP contribution in [0.3, 0.4) is 0 Å². The molecular weight excluding hydrogens is 286 g/mol. The number of hydrogen-bond donors (Lipinski definition) is 0. The van der Waals surface area contributed by atoms with Crippen LogP contribution in [0.2, 0.25) is 0 Å². The van der Waals surface area contributed by atoms with Gasteiger partial charge in [0.2, 0.25) is 5.91 Å². The number of rotatable bonds is 6. The van der Waals surface area contributed by atoms with E-state index in [4.69, 9.17) is 16.3 Å². The van der Waals surface area contributed by atoms with Gasteiger partial charge in [-0.2, -0.15) is 0 Å². The van der Waals surface area contributed by atoms with Gasteiger partial charge in [-0.25, -0.2) is 0 Å². The maximum absolute atomic E-state index is 12.1. The first-order chi connectivity index (χ1) is 10.2. The number of benzene rings is 2. The standard InChI is InChI=1S/C17H18ClNO2/c1-2-21-16-10-8-15(9-11-16)19(17(20)12-18)13-14-6-4-3-5-7-14/h3-11H,2,12-13H2,1H3. The van der Waals surface area contributed by atoms with Crippen LogP contribution >= 0.6 is 11.6 Å². The van der Waals surface area contributed by atoms with E-state index in [0.717, 1.165) is 17.0 Å². The van der Waals surface area contributed by atoms with E-state index in [-0.39, 0.29) is 11.8 Å². The zero-order valence-corrected chi connectivity index (χ0v) is 12.7. The molecule has 0 spiro atoms. The van der Waals surface area contributed by atoms with Crippen LogP contribution in [0.15, 0.2) is 54.6 Å². The van der Waals surface area contributed by atoms with Crippen molar-refractivity contribution < 1.29 is 9.53 Å².